The lowest BCUT2D eigenvalue weighted by Crippen LogP contribution is -2.12. The summed E-state index contributed by atoms with van der Waals surface area (Å²) in [6, 6.07) is 0. The third-order valence-electron chi connectivity index (χ3n) is 1.84. The summed E-state index contributed by atoms with van der Waals surface area (Å²) in [4.78, 5) is 21.2. The molecule has 0 heterocycles. The second-order valence-corrected chi connectivity index (χ2v) is 2.88. The number of carboxylic acid groups (broad SMARTS) is 2. The summed E-state index contributed by atoms with van der Waals surface area (Å²) in [6.07, 6.45) is 8.82. The number of aliphatic carboxylic acids is 2. The first-order valence-corrected chi connectivity index (χ1v) is 4.10. The topological polar surface area (TPSA) is 74.6 Å². The Labute approximate surface area is 80.9 Å². The minimum atomic E-state index is -0.989. The van der Waals surface area contributed by atoms with Crippen molar-refractivity contribution in [1.29, 1.82) is 0 Å². The van der Waals surface area contributed by atoms with Crippen LogP contribution in [-0.2, 0) is 9.59 Å². The van der Waals surface area contributed by atoms with Gasteiger partial charge in [0.25, 0.3) is 0 Å². The van der Waals surface area contributed by atoms with Gasteiger partial charge in [-0.3, -0.25) is 9.59 Å². The van der Waals surface area contributed by atoms with Crippen molar-refractivity contribution in [1.82, 2.24) is 0 Å². The molecule has 0 aliphatic heterocycles. The zero-order valence-corrected chi connectivity index (χ0v) is 7.33. The SMILES string of the molecule is O=C(O)[C@H]1C=CC=C[C@H](C(=O)O)C=C1. The normalized spacial score (nSPS) is 25.4. The van der Waals surface area contributed by atoms with Crippen LogP contribution in [0.1, 0.15) is 0 Å². The van der Waals surface area contributed by atoms with E-state index < -0.39 is 23.8 Å². The molecule has 2 atom stereocenters. The first-order valence-electron chi connectivity index (χ1n) is 4.10. The molecule has 1 aliphatic rings. The van der Waals surface area contributed by atoms with E-state index >= 15 is 0 Å². The molecule has 0 fully saturated rings. The summed E-state index contributed by atoms with van der Waals surface area (Å²) in [5, 5.41) is 17.4. The Morgan fingerprint density at radius 2 is 1.14 bits per heavy atom. The quantitative estimate of drug-likeness (QED) is 0.645. The zero-order chi connectivity index (χ0) is 10.6. The van der Waals surface area contributed by atoms with Gasteiger partial charge in [0.05, 0.1) is 11.8 Å². The highest BCUT2D eigenvalue weighted by molar-refractivity contribution is 5.77. The molecule has 74 valence electrons. The summed E-state index contributed by atoms with van der Waals surface area (Å²) < 4.78 is 0. The van der Waals surface area contributed by atoms with Crippen LogP contribution in [0, 0.1) is 11.8 Å². The third kappa shape index (κ3) is 2.58. The molecular formula is C10H10O4. The molecule has 1 rings (SSSR count). The van der Waals surface area contributed by atoms with E-state index in [0.717, 1.165) is 0 Å². The Kier molecular flexibility index (Phi) is 3.23. The largest absolute Gasteiger partial charge is 0.481 e. The highest BCUT2D eigenvalue weighted by Crippen LogP contribution is 2.10. The fourth-order valence-corrected chi connectivity index (χ4v) is 1.06. The van der Waals surface area contributed by atoms with E-state index in [4.69, 9.17) is 10.2 Å². The molecule has 4 nitrogen and oxygen atoms in total. The Hall–Kier alpha value is -1.84. The van der Waals surface area contributed by atoms with Crippen LogP contribution in [0.15, 0.2) is 36.5 Å². The van der Waals surface area contributed by atoms with Crippen LogP contribution in [0.4, 0.5) is 0 Å². The lowest BCUT2D eigenvalue weighted by Gasteiger charge is -2.05. The summed E-state index contributed by atoms with van der Waals surface area (Å²) in [5.41, 5.74) is 0. The fourth-order valence-electron chi connectivity index (χ4n) is 1.06. The third-order valence-corrected chi connectivity index (χ3v) is 1.84. The van der Waals surface area contributed by atoms with Gasteiger partial charge < -0.3 is 10.2 Å². The number of carbonyl (C=O) groups is 2. The Bertz CT molecular complexity index is 293. The molecule has 0 aromatic carbocycles. The molecule has 0 amide bonds. The van der Waals surface area contributed by atoms with Crippen LogP contribution < -0.4 is 0 Å². The van der Waals surface area contributed by atoms with Gasteiger partial charge in [-0.25, -0.2) is 0 Å². The molecular weight excluding hydrogens is 184 g/mol. The van der Waals surface area contributed by atoms with Crippen LogP contribution in [-0.4, -0.2) is 22.2 Å². The van der Waals surface area contributed by atoms with E-state index in [1.54, 1.807) is 0 Å². The van der Waals surface area contributed by atoms with Crippen molar-refractivity contribution in [3.63, 3.8) is 0 Å². The van der Waals surface area contributed by atoms with Crippen LogP contribution >= 0.6 is 0 Å². The predicted molar refractivity (Wildman–Crippen MR) is 49.7 cm³/mol. The average molecular weight is 194 g/mol. The zero-order valence-electron chi connectivity index (χ0n) is 7.33. The lowest BCUT2D eigenvalue weighted by molar-refractivity contribution is -0.140. The van der Waals surface area contributed by atoms with Gasteiger partial charge >= 0.3 is 11.9 Å². The molecule has 0 bridgehead atoms. The minimum Gasteiger partial charge on any atom is -0.481 e. The van der Waals surface area contributed by atoms with Gasteiger partial charge in [-0.2, -0.15) is 0 Å². The Morgan fingerprint density at radius 1 is 0.786 bits per heavy atom. The van der Waals surface area contributed by atoms with Crippen molar-refractivity contribution in [2.75, 3.05) is 0 Å². The number of rotatable bonds is 2. The summed E-state index contributed by atoms with van der Waals surface area (Å²) in [6.45, 7) is 0. The van der Waals surface area contributed by atoms with Gasteiger partial charge in [0.1, 0.15) is 0 Å². The molecule has 2 N–H and O–H groups in total. The second-order valence-electron chi connectivity index (χ2n) is 2.88. The molecule has 0 unspecified atom stereocenters. The van der Waals surface area contributed by atoms with Crippen LogP contribution in [0.25, 0.3) is 0 Å². The predicted octanol–water partition coefficient (Wildman–Crippen LogP) is 1.07. The molecule has 0 spiro atoms. The number of allylic oxidation sites excluding steroid dienone is 2. The molecule has 1 aliphatic carbocycles. The molecule has 0 aromatic heterocycles. The summed E-state index contributed by atoms with van der Waals surface area (Å²) >= 11 is 0. The second kappa shape index (κ2) is 4.41. The van der Waals surface area contributed by atoms with Crippen LogP contribution in [0.3, 0.4) is 0 Å². The van der Waals surface area contributed by atoms with Crippen LogP contribution in [0.5, 0.6) is 0 Å². The molecule has 0 saturated heterocycles. The molecule has 0 aromatic rings. The van der Waals surface area contributed by atoms with Crippen molar-refractivity contribution >= 4 is 11.9 Å². The van der Waals surface area contributed by atoms with Crippen LogP contribution in [0.2, 0.25) is 0 Å². The molecule has 0 radical (unpaired) electrons. The molecule has 4 heteroatoms. The van der Waals surface area contributed by atoms with Crippen molar-refractivity contribution in [2.24, 2.45) is 11.8 Å². The highest BCUT2D eigenvalue weighted by atomic mass is 16.4. The van der Waals surface area contributed by atoms with Crippen molar-refractivity contribution in [3.8, 4) is 0 Å². The standard InChI is InChI=1S/C10H10O4/c11-9(12)7-3-1-2-4-8(6-5-7)10(13)14/h1-8H,(H,11,12)(H,13,14)/t7-,8-/m0/s1. The highest BCUT2D eigenvalue weighted by Gasteiger charge is 2.14. The van der Waals surface area contributed by atoms with Crippen molar-refractivity contribution in [2.45, 2.75) is 0 Å². The minimum absolute atomic E-state index is 0.748. The monoisotopic (exact) mass is 194 g/mol. The van der Waals surface area contributed by atoms with Gasteiger partial charge in [0.15, 0.2) is 0 Å². The fraction of sp³-hybridized carbons (Fsp3) is 0.200. The smallest absolute Gasteiger partial charge is 0.314 e. The maximum atomic E-state index is 10.6. The lowest BCUT2D eigenvalue weighted by atomic mass is 10.0. The summed E-state index contributed by atoms with van der Waals surface area (Å²) in [7, 11) is 0. The van der Waals surface area contributed by atoms with E-state index in [-0.39, 0.29) is 0 Å². The Morgan fingerprint density at radius 3 is 1.43 bits per heavy atom. The van der Waals surface area contributed by atoms with E-state index in [9.17, 15) is 9.59 Å². The van der Waals surface area contributed by atoms with Crippen molar-refractivity contribution < 1.29 is 19.8 Å². The van der Waals surface area contributed by atoms with Gasteiger partial charge in [0, 0.05) is 0 Å². The first-order chi connectivity index (χ1) is 6.61. The maximum absolute atomic E-state index is 10.6. The first kappa shape index (κ1) is 10.2. The Balaban J connectivity index is 2.88. The summed E-state index contributed by atoms with van der Waals surface area (Å²) in [5.74, 6) is -3.47. The van der Waals surface area contributed by atoms with Gasteiger partial charge in [0.2, 0.25) is 0 Å². The van der Waals surface area contributed by atoms with E-state index in [1.807, 2.05) is 0 Å². The maximum Gasteiger partial charge on any atom is 0.314 e. The molecule has 14 heavy (non-hydrogen) atoms. The number of hydrogen-bond acceptors (Lipinski definition) is 2. The average Bonchev–Trinajstić information content (AvgIpc) is 2.01. The number of hydrogen-bond donors (Lipinski definition) is 2. The van der Waals surface area contributed by atoms with E-state index in [2.05, 4.69) is 0 Å². The van der Waals surface area contributed by atoms with Gasteiger partial charge in [-0.15, -0.1) is 0 Å². The molecule has 0 saturated carbocycles. The number of carboxylic acids is 2. The van der Waals surface area contributed by atoms with Crippen molar-refractivity contribution in [3.05, 3.63) is 36.5 Å². The van der Waals surface area contributed by atoms with E-state index in [0.29, 0.717) is 0 Å². The van der Waals surface area contributed by atoms with Gasteiger partial charge in [-0.05, 0) is 0 Å². The van der Waals surface area contributed by atoms with Gasteiger partial charge in [-0.1, -0.05) is 36.5 Å². The van der Waals surface area contributed by atoms with E-state index in [1.165, 1.54) is 36.5 Å².